The molecule has 1 saturated heterocycles. The molecule has 134 valence electrons. The van der Waals surface area contributed by atoms with Gasteiger partial charge in [0.05, 0.1) is 5.54 Å². The molecule has 4 nitrogen and oxygen atoms in total. The molecule has 1 aliphatic heterocycles. The van der Waals surface area contributed by atoms with Crippen LogP contribution in [0.2, 0.25) is 0 Å². The van der Waals surface area contributed by atoms with Crippen molar-refractivity contribution in [2.45, 2.75) is 33.2 Å². The van der Waals surface area contributed by atoms with E-state index in [1.54, 1.807) is 4.90 Å². The highest BCUT2D eigenvalue weighted by atomic mass is 19.1. The number of carbonyl (C=O) groups excluding carboxylic acids is 1. The fourth-order valence-electron chi connectivity index (χ4n) is 2.94. The molecule has 0 atom stereocenters. The van der Waals surface area contributed by atoms with Crippen molar-refractivity contribution in [3.63, 3.8) is 0 Å². The summed E-state index contributed by atoms with van der Waals surface area (Å²) < 4.78 is 27.8. The van der Waals surface area contributed by atoms with E-state index in [4.69, 9.17) is 0 Å². The number of benzene rings is 1. The first-order valence-electron chi connectivity index (χ1n) is 8.45. The Labute approximate surface area is 142 Å². The van der Waals surface area contributed by atoms with E-state index in [1.807, 2.05) is 13.8 Å². The molecule has 0 aliphatic carbocycles. The van der Waals surface area contributed by atoms with E-state index in [0.717, 1.165) is 0 Å². The summed E-state index contributed by atoms with van der Waals surface area (Å²) >= 11 is 0. The zero-order valence-corrected chi connectivity index (χ0v) is 14.9. The number of halogens is 2. The highest BCUT2D eigenvalue weighted by Crippen LogP contribution is 2.26. The smallest absolute Gasteiger partial charge is 0.239 e. The van der Waals surface area contributed by atoms with E-state index in [1.165, 1.54) is 18.2 Å². The van der Waals surface area contributed by atoms with Crippen molar-refractivity contribution >= 4 is 11.6 Å². The van der Waals surface area contributed by atoms with Crippen LogP contribution < -0.4 is 10.2 Å². The number of hydrogen-bond acceptors (Lipinski definition) is 3. The van der Waals surface area contributed by atoms with E-state index in [9.17, 15) is 13.6 Å². The van der Waals surface area contributed by atoms with Crippen LogP contribution in [0.1, 0.15) is 27.7 Å². The van der Waals surface area contributed by atoms with Crippen LogP contribution in [0.3, 0.4) is 0 Å². The van der Waals surface area contributed by atoms with Gasteiger partial charge in [0.1, 0.15) is 17.3 Å². The van der Waals surface area contributed by atoms with Crippen molar-refractivity contribution in [3.8, 4) is 0 Å². The molecule has 0 spiro atoms. The molecule has 0 bridgehead atoms. The number of rotatable bonds is 5. The number of piperazine rings is 1. The molecule has 1 aliphatic rings. The Hall–Kier alpha value is -1.69. The number of nitrogens with zero attached hydrogens (tertiary/aromatic N) is 2. The number of anilines is 1. The second kappa shape index (κ2) is 7.47. The minimum Gasteiger partial charge on any atom is -0.364 e. The lowest BCUT2D eigenvalue weighted by Crippen LogP contribution is -2.61. The van der Waals surface area contributed by atoms with E-state index in [0.29, 0.717) is 38.6 Å². The van der Waals surface area contributed by atoms with Gasteiger partial charge in [-0.2, -0.15) is 0 Å². The van der Waals surface area contributed by atoms with Gasteiger partial charge in [-0.05, 0) is 31.9 Å². The monoisotopic (exact) mass is 339 g/mol. The molecule has 1 N–H and O–H groups in total. The van der Waals surface area contributed by atoms with E-state index in [-0.39, 0.29) is 11.6 Å². The SMILES string of the molecule is CC(C)CNC(=O)C(C)(C)N1CCN(c2c(F)cccc2F)CC1. The molecule has 0 saturated carbocycles. The van der Waals surface area contributed by atoms with Crippen molar-refractivity contribution in [1.29, 1.82) is 0 Å². The average Bonchev–Trinajstić information content (AvgIpc) is 2.52. The lowest BCUT2D eigenvalue weighted by atomic mass is 9.99. The quantitative estimate of drug-likeness (QED) is 0.896. The summed E-state index contributed by atoms with van der Waals surface area (Å²) in [7, 11) is 0. The first kappa shape index (κ1) is 18.6. The molecule has 1 amide bonds. The molecule has 1 heterocycles. The fraction of sp³-hybridized carbons (Fsp3) is 0.611. The maximum Gasteiger partial charge on any atom is 0.239 e. The fourth-order valence-corrected chi connectivity index (χ4v) is 2.94. The van der Waals surface area contributed by atoms with Gasteiger partial charge in [0, 0.05) is 32.7 Å². The van der Waals surface area contributed by atoms with E-state index in [2.05, 4.69) is 24.1 Å². The predicted molar refractivity (Wildman–Crippen MR) is 92.1 cm³/mol. The van der Waals surface area contributed by atoms with Crippen LogP contribution in [-0.4, -0.2) is 49.1 Å². The van der Waals surface area contributed by atoms with Gasteiger partial charge in [0.25, 0.3) is 0 Å². The molecule has 1 fully saturated rings. The minimum atomic E-state index is -0.644. The molecule has 2 rings (SSSR count). The zero-order valence-electron chi connectivity index (χ0n) is 14.9. The van der Waals surface area contributed by atoms with Gasteiger partial charge in [-0.3, -0.25) is 9.69 Å². The second-order valence-electron chi connectivity index (χ2n) is 7.21. The Kier molecular flexibility index (Phi) is 5.80. The minimum absolute atomic E-state index is 0.0123. The van der Waals surface area contributed by atoms with Crippen LogP contribution in [0.4, 0.5) is 14.5 Å². The van der Waals surface area contributed by atoms with Crippen LogP contribution in [-0.2, 0) is 4.79 Å². The number of nitrogens with one attached hydrogen (secondary N) is 1. The predicted octanol–water partition coefficient (Wildman–Crippen LogP) is 2.64. The summed E-state index contributed by atoms with van der Waals surface area (Å²) in [4.78, 5) is 16.2. The summed E-state index contributed by atoms with van der Waals surface area (Å²) in [6, 6.07) is 3.91. The van der Waals surface area contributed by atoms with Gasteiger partial charge in [-0.15, -0.1) is 0 Å². The van der Waals surface area contributed by atoms with Crippen LogP contribution in [0.25, 0.3) is 0 Å². The summed E-state index contributed by atoms with van der Waals surface area (Å²) in [5, 5.41) is 2.97. The first-order valence-corrected chi connectivity index (χ1v) is 8.45. The molecule has 1 aromatic rings. The van der Waals surface area contributed by atoms with Crippen molar-refractivity contribution in [2.75, 3.05) is 37.6 Å². The van der Waals surface area contributed by atoms with Gasteiger partial charge in [0.2, 0.25) is 5.91 Å². The Morgan fingerprint density at radius 2 is 1.71 bits per heavy atom. The van der Waals surface area contributed by atoms with Gasteiger partial charge in [0.15, 0.2) is 0 Å². The van der Waals surface area contributed by atoms with Gasteiger partial charge < -0.3 is 10.2 Å². The maximum absolute atomic E-state index is 13.9. The van der Waals surface area contributed by atoms with Gasteiger partial charge in [-0.25, -0.2) is 8.78 Å². The first-order chi connectivity index (χ1) is 11.2. The second-order valence-corrected chi connectivity index (χ2v) is 7.21. The summed E-state index contributed by atoms with van der Waals surface area (Å²) in [5.41, 5.74) is -0.617. The molecule has 0 unspecified atom stereocenters. The Morgan fingerprint density at radius 3 is 2.21 bits per heavy atom. The number of carbonyl (C=O) groups is 1. The highest BCUT2D eigenvalue weighted by Gasteiger charge is 2.36. The molecule has 0 aromatic heterocycles. The van der Waals surface area contributed by atoms with Crippen molar-refractivity contribution in [3.05, 3.63) is 29.8 Å². The topological polar surface area (TPSA) is 35.6 Å². The van der Waals surface area contributed by atoms with Crippen LogP contribution in [0, 0.1) is 17.6 Å². The average molecular weight is 339 g/mol. The summed E-state index contributed by atoms with van der Waals surface area (Å²) in [6.07, 6.45) is 0. The Bertz CT molecular complexity index is 561. The molecule has 0 radical (unpaired) electrons. The van der Waals surface area contributed by atoms with Crippen molar-refractivity contribution < 1.29 is 13.6 Å². The molecular weight excluding hydrogens is 312 g/mol. The van der Waals surface area contributed by atoms with Crippen LogP contribution >= 0.6 is 0 Å². The zero-order chi connectivity index (χ0) is 17.9. The van der Waals surface area contributed by atoms with Crippen molar-refractivity contribution in [2.24, 2.45) is 5.92 Å². The van der Waals surface area contributed by atoms with Gasteiger partial charge >= 0.3 is 0 Å². The third kappa shape index (κ3) is 4.04. The highest BCUT2D eigenvalue weighted by molar-refractivity contribution is 5.85. The molecule has 6 heteroatoms. The normalized spacial score (nSPS) is 16.5. The largest absolute Gasteiger partial charge is 0.364 e. The van der Waals surface area contributed by atoms with Crippen molar-refractivity contribution in [1.82, 2.24) is 10.2 Å². The number of hydrogen-bond donors (Lipinski definition) is 1. The molecule has 1 aromatic carbocycles. The Morgan fingerprint density at radius 1 is 1.17 bits per heavy atom. The van der Waals surface area contributed by atoms with Crippen LogP contribution in [0.15, 0.2) is 18.2 Å². The van der Waals surface area contributed by atoms with Gasteiger partial charge in [-0.1, -0.05) is 19.9 Å². The number of amides is 1. The van der Waals surface area contributed by atoms with Crippen LogP contribution in [0.5, 0.6) is 0 Å². The Balaban J connectivity index is 2.00. The summed E-state index contributed by atoms with van der Waals surface area (Å²) in [6.45, 7) is 10.7. The third-order valence-corrected chi connectivity index (χ3v) is 4.55. The molecular formula is C18H27F2N3O. The standard InChI is InChI=1S/C18H27F2N3O/c1-13(2)12-21-17(24)18(3,4)23-10-8-22(9-11-23)16-14(19)6-5-7-15(16)20/h5-7,13H,8-12H2,1-4H3,(H,21,24). The van der Waals surface area contributed by atoms with E-state index < -0.39 is 17.2 Å². The third-order valence-electron chi connectivity index (χ3n) is 4.55. The molecule has 24 heavy (non-hydrogen) atoms. The lowest BCUT2D eigenvalue weighted by Gasteiger charge is -2.43. The van der Waals surface area contributed by atoms with E-state index >= 15 is 0 Å². The lowest BCUT2D eigenvalue weighted by molar-refractivity contribution is -0.132. The maximum atomic E-state index is 13.9. The summed E-state index contributed by atoms with van der Waals surface area (Å²) in [5.74, 6) is -0.706. The number of para-hydroxylation sites is 1.